The molecule has 0 aromatic carbocycles. The summed E-state index contributed by atoms with van der Waals surface area (Å²) in [6.45, 7) is 0.885. The average molecular weight is 164 g/mol. The highest BCUT2D eigenvalue weighted by Gasteiger charge is 1.93. The van der Waals surface area contributed by atoms with Crippen LogP contribution >= 0.6 is 11.3 Å². The Morgan fingerprint density at radius 3 is 2.82 bits per heavy atom. The zero-order valence-electron chi connectivity index (χ0n) is 5.97. The van der Waals surface area contributed by atoms with Crippen LogP contribution in [-0.2, 0) is 6.54 Å². The molecule has 0 bridgehead atoms. The Morgan fingerprint density at radius 2 is 2.18 bits per heavy atom. The van der Waals surface area contributed by atoms with Crippen molar-refractivity contribution in [3.63, 3.8) is 0 Å². The van der Waals surface area contributed by atoms with E-state index in [0.717, 1.165) is 12.2 Å². The van der Waals surface area contributed by atoms with Gasteiger partial charge in [-0.1, -0.05) is 0 Å². The van der Waals surface area contributed by atoms with Gasteiger partial charge in [-0.05, 0) is 12.1 Å². The molecule has 11 heavy (non-hydrogen) atoms. The summed E-state index contributed by atoms with van der Waals surface area (Å²) < 4.78 is 2.11. The van der Waals surface area contributed by atoms with E-state index < -0.39 is 0 Å². The zero-order valence-corrected chi connectivity index (χ0v) is 6.79. The maximum absolute atomic E-state index is 4.19. The van der Waals surface area contributed by atoms with E-state index in [9.17, 15) is 0 Å². The summed E-state index contributed by atoms with van der Waals surface area (Å²) in [5, 5.41) is 2.07. The summed E-state index contributed by atoms with van der Waals surface area (Å²) in [5.41, 5.74) is 2.99. The lowest BCUT2D eigenvalue weighted by Crippen LogP contribution is -1.95. The molecule has 0 unspecified atom stereocenters. The van der Waals surface area contributed by atoms with E-state index in [1.165, 1.54) is 0 Å². The second-order valence-corrected chi connectivity index (χ2v) is 3.05. The molecule has 0 atom stereocenters. The fourth-order valence-corrected chi connectivity index (χ4v) is 1.53. The second-order valence-electron chi connectivity index (χ2n) is 2.34. The molecule has 2 rings (SSSR count). The fraction of sp³-hybridized carbons (Fsp3) is 0.125. The molecule has 0 saturated heterocycles. The third-order valence-electron chi connectivity index (χ3n) is 1.49. The molecule has 0 aliphatic heterocycles. The van der Waals surface area contributed by atoms with E-state index >= 15 is 0 Å². The molecule has 0 aliphatic carbocycles. The Morgan fingerprint density at radius 1 is 1.36 bits per heavy atom. The summed E-state index contributed by atoms with van der Waals surface area (Å²) in [6.07, 6.45) is 4.08. The first-order chi connectivity index (χ1) is 5.45. The number of aromatic nitrogens is 2. The highest BCUT2D eigenvalue weighted by molar-refractivity contribution is 7.07. The van der Waals surface area contributed by atoms with Crippen LogP contribution in [0.5, 0.6) is 0 Å². The van der Waals surface area contributed by atoms with Crippen molar-refractivity contribution >= 4 is 11.3 Å². The van der Waals surface area contributed by atoms with Crippen LogP contribution < -0.4 is 0 Å². The molecule has 2 nitrogen and oxygen atoms in total. The van der Waals surface area contributed by atoms with Crippen LogP contribution in [0.3, 0.4) is 0 Å². The highest BCUT2D eigenvalue weighted by Crippen LogP contribution is 2.03. The van der Waals surface area contributed by atoms with Crippen molar-refractivity contribution in [2.75, 3.05) is 0 Å². The normalized spacial score (nSPS) is 10.2. The first-order valence-electron chi connectivity index (χ1n) is 3.43. The van der Waals surface area contributed by atoms with Gasteiger partial charge >= 0.3 is 0 Å². The molecule has 56 valence electrons. The molecule has 3 heteroatoms. The molecular formula is C8H8N2S. The van der Waals surface area contributed by atoms with Crippen LogP contribution in [0.15, 0.2) is 35.4 Å². The molecule has 2 aromatic rings. The molecule has 0 saturated carbocycles. The summed E-state index contributed by atoms with van der Waals surface area (Å²) >= 11 is 1.64. The van der Waals surface area contributed by atoms with Gasteiger partial charge in [-0.15, -0.1) is 11.3 Å². The van der Waals surface area contributed by atoms with Gasteiger partial charge in [0.05, 0.1) is 17.7 Å². The van der Waals surface area contributed by atoms with Gasteiger partial charge in [0.2, 0.25) is 0 Å². The van der Waals surface area contributed by atoms with Gasteiger partial charge in [0.1, 0.15) is 0 Å². The van der Waals surface area contributed by atoms with Gasteiger partial charge in [-0.2, -0.15) is 0 Å². The highest BCUT2D eigenvalue weighted by atomic mass is 32.1. The van der Waals surface area contributed by atoms with E-state index in [4.69, 9.17) is 0 Å². The minimum absolute atomic E-state index is 0.885. The monoisotopic (exact) mass is 164 g/mol. The van der Waals surface area contributed by atoms with Crippen LogP contribution in [0.2, 0.25) is 0 Å². The Balaban J connectivity index is 2.14. The fourth-order valence-electron chi connectivity index (χ4n) is 0.978. The zero-order chi connectivity index (χ0) is 7.52. The first kappa shape index (κ1) is 6.61. The molecule has 0 spiro atoms. The Kier molecular flexibility index (Phi) is 1.73. The van der Waals surface area contributed by atoms with Gasteiger partial charge in [0.25, 0.3) is 0 Å². The lowest BCUT2D eigenvalue weighted by Gasteiger charge is -1.96. The third kappa shape index (κ3) is 1.49. The largest absolute Gasteiger partial charge is 0.348 e. The van der Waals surface area contributed by atoms with E-state index in [1.807, 2.05) is 30.0 Å². The Hall–Kier alpha value is -1.09. The van der Waals surface area contributed by atoms with Crippen LogP contribution in [-0.4, -0.2) is 9.55 Å². The molecule has 0 radical (unpaired) electrons. The average Bonchev–Trinajstić information content (AvgIpc) is 2.60. The predicted octanol–water partition coefficient (Wildman–Crippen LogP) is 1.99. The van der Waals surface area contributed by atoms with Gasteiger partial charge < -0.3 is 4.57 Å². The van der Waals surface area contributed by atoms with Gasteiger partial charge in [0, 0.05) is 17.8 Å². The third-order valence-corrected chi connectivity index (χ3v) is 2.13. The summed E-state index contributed by atoms with van der Waals surface area (Å²) in [4.78, 5) is 4.19. The van der Waals surface area contributed by atoms with E-state index in [-0.39, 0.29) is 0 Å². The smallest absolute Gasteiger partial charge is 0.0795 e. The topological polar surface area (TPSA) is 17.8 Å². The summed E-state index contributed by atoms with van der Waals surface area (Å²) in [5.74, 6) is 0. The lowest BCUT2D eigenvalue weighted by atomic mass is 10.5. The maximum Gasteiger partial charge on any atom is 0.0795 e. The molecule has 2 heterocycles. The van der Waals surface area contributed by atoms with Gasteiger partial charge in [0.15, 0.2) is 0 Å². The number of rotatable bonds is 2. The van der Waals surface area contributed by atoms with Crippen molar-refractivity contribution in [2.24, 2.45) is 0 Å². The van der Waals surface area contributed by atoms with E-state index in [0.29, 0.717) is 0 Å². The Bertz CT molecular complexity index is 264. The minimum Gasteiger partial charge on any atom is -0.348 e. The van der Waals surface area contributed by atoms with Crippen LogP contribution in [0.25, 0.3) is 0 Å². The second kappa shape index (κ2) is 2.88. The Labute approximate surface area is 69.1 Å². The summed E-state index contributed by atoms with van der Waals surface area (Å²) in [6, 6.07) is 4.04. The van der Waals surface area contributed by atoms with Crippen molar-refractivity contribution in [3.8, 4) is 0 Å². The number of hydrogen-bond donors (Lipinski definition) is 0. The minimum atomic E-state index is 0.885. The van der Waals surface area contributed by atoms with Crippen molar-refractivity contribution in [1.82, 2.24) is 9.55 Å². The van der Waals surface area contributed by atoms with Crippen molar-refractivity contribution in [1.29, 1.82) is 0 Å². The SMILES string of the molecule is c1ccn(Cc2cscn2)c1. The van der Waals surface area contributed by atoms with Crippen molar-refractivity contribution in [3.05, 3.63) is 41.1 Å². The van der Waals surface area contributed by atoms with Crippen molar-refractivity contribution < 1.29 is 0 Å². The van der Waals surface area contributed by atoms with Crippen LogP contribution in [0.4, 0.5) is 0 Å². The van der Waals surface area contributed by atoms with Crippen molar-refractivity contribution in [2.45, 2.75) is 6.54 Å². The van der Waals surface area contributed by atoms with E-state index in [2.05, 4.69) is 14.9 Å². The molecule has 0 amide bonds. The summed E-state index contributed by atoms with van der Waals surface area (Å²) in [7, 11) is 0. The number of hydrogen-bond acceptors (Lipinski definition) is 2. The van der Waals surface area contributed by atoms with Crippen LogP contribution in [0, 0.1) is 0 Å². The molecule has 0 aliphatic rings. The molecule has 0 N–H and O–H groups in total. The molecular weight excluding hydrogens is 156 g/mol. The molecule has 2 aromatic heterocycles. The number of thiazole rings is 1. The lowest BCUT2D eigenvalue weighted by molar-refractivity contribution is 0.787. The standard InChI is InChI=1S/C8H8N2S/c1-2-4-10(3-1)5-8-6-11-7-9-8/h1-4,6-7H,5H2. The first-order valence-corrected chi connectivity index (χ1v) is 4.37. The quantitative estimate of drug-likeness (QED) is 0.663. The number of nitrogens with zero attached hydrogens (tertiary/aromatic N) is 2. The molecule has 0 fully saturated rings. The maximum atomic E-state index is 4.19. The van der Waals surface area contributed by atoms with Crippen LogP contribution in [0.1, 0.15) is 5.69 Å². The van der Waals surface area contributed by atoms with Gasteiger partial charge in [-0.25, -0.2) is 4.98 Å². The van der Waals surface area contributed by atoms with Gasteiger partial charge in [-0.3, -0.25) is 0 Å². The predicted molar refractivity (Wildman–Crippen MR) is 45.6 cm³/mol. The van der Waals surface area contributed by atoms with E-state index in [1.54, 1.807) is 11.3 Å².